The van der Waals surface area contributed by atoms with Gasteiger partial charge in [-0.05, 0) is 51.1 Å². The maximum atomic E-state index is 6.09. The molecule has 1 atom stereocenters. The number of benzene rings is 1. The van der Waals surface area contributed by atoms with Crippen molar-refractivity contribution in [2.75, 3.05) is 13.1 Å². The van der Waals surface area contributed by atoms with E-state index in [0.717, 1.165) is 36.2 Å². The van der Waals surface area contributed by atoms with E-state index < -0.39 is 0 Å². The maximum Gasteiger partial charge on any atom is 0.138 e. The number of hydrogen-bond acceptors (Lipinski definition) is 2. The predicted octanol–water partition coefficient (Wildman–Crippen LogP) is 4.26. The number of ether oxygens (including phenoxy) is 1. The van der Waals surface area contributed by atoms with Gasteiger partial charge in [-0.1, -0.05) is 34.5 Å². The van der Waals surface area contributed by atoms with E-state index in [1.54, 1.807) is 0 Å². The van der Waals surface area contributed by atoms with Gasteiger partial charge in [-0.15, -0.1) is 0 Å². The highest BCUT2D eigenvalue weighted by Gasteiger charge is 2.07. The molecule has 0 heterocycles. The molecule has 0 bridgehead atoms. The molecule has 0 spiro atoms. The van der Waals surface area contributed by atoms with E-state index in [4.69, 9.17) is 16.3 Å². The first-order chi connectivity index (χ1) is 8.13. The van der Waals surface area contributed by atoms with Gasteiger partial charge in [0.1, 0.15) is 5.75 Å². The van der Waals surface area contributed by atoms with Gasteiger partial charge in [0, 0.05) is 4.47 Å². The summed E-state index contributed by atoms with van der Waals surface area (Å²) in [6.07, 6.45) is 2.33. The van der Waals surface area contributed by atoms with Crippen LogP contribution in [0.4, 0.5) is 0 Å². The molecule has 17 heavy (non-hydrogen) atoms. The molecule has 1 unspecified atom stereocenters. The fourth-order valence-electron chi connectivity index (χ4n) is 1.54. The van der Waals surface area contributed by atoms with Crippen LogP contribution in [0.2, 0.25) is 5.02 Å². The van der Waals surface area contributed by atoms with Crippen molar-refractivity contribution >= 4 is 27.5 Å². The summed E-state index contributed by atoms with van der Waals surface area (Å²) < 4.78 is 6.77. The zero-order chi connectivity index (χ0) is 12.7. The first kappa shape index (κ1) is 14.8. The van der Waals surface area contributed by atoms with Gasteiger partial charge in [-0.3, -0.25) is 0 Å². The standard InChI is InChI=1S/C13H19BrClNO/c1-3-16-8-4-5-10(2)17-13-7-6-11(14)9-12(13)15/h6-7,9-10,16H,3-5,8H2,1-2H3. The highest BCUT2D eigenvalue weighted by Crippen LogP contribution is 2.28. The van der Waals surface area contributed by atoms with Crippen molar-refractivity contribution in [3.05, 3.63) is 27.7 Å². The molecule has 2 nitrogen and oxygen atoms in total. The molecule has 1 rings (SSSR count). The van der Waals surface area contributed by atoms with Crippen LogP contribution in [0, 0.1) is 0 Å². The van der Waals surface area contributed by atoms with Gasteiger partial charge in [-0.25, -0.2) is 0 Å². The van der Waals surface area contributed by atoms with E-state index in [9.17, 15) is 0 Å². The average molecular weight is 321 g/mol. The lowest BCUT2D eigenvalue weighted by Crippen LogP contribution is -2.18. The highest BCUT2D eigenvalue weighted by atomic mass is 79.9. The van der Waals surface area contributed by atoms with Crippen LogP contribution in [-0.2, 0) is 0 Å². The van der Waals surface area contributed by atoms with Crippen LogP contribution < -0.4 is 10.1 Å². The number of hydrogen-bond donors (Lipinski definition) is 1. The number of halogens is 2. The minimum Gasteiger partial charge on any atom is -0.489 e. The van der Waals surface area contributed by atoms with Gasteiger partial charge in [0.15, 0.2) is 0 Å². The van der Waals surface area contributed by atoms with Crippen LogP contribution in [0.5, 0.6) is 5.75 Å². The molecule has 4 heteroatoms. The van der Waals surface area contributed by atoms with Crippen LogP contribution in [0.25, 0.3) is 0 Å². The largest absolute Gasteiger partial charge is 0.489 e. The normalized spacial score (nSPS) is 12.5. The highest BCUT2D eigenvalue weighted by molar-refractivity contribution is 9.10. The van der Waals surface area contributed by atoms with Gasteiger partial charge >= 0.3 is 0 Å². The monoisotopic (exact) mass is 319 g/mol. The Morgan fingerprint density at radius 3 is 2.88 bits per heavy atom. The van der Waals surface area contributed by atoms with Crippen LogP contribution in [-0.4, -0.2) is 19.2 Å². The lowest BCUT2D eigenvalue weighted by Gasteiger charge is -2.15. The first-order valence-electron chi connectivity index (χ1n) is 5.96. The Kier molecular flexibility index (Phi) is 6.93. The van der Waals surface area contributed by atoms with Crippen molar-refractivity contribution in [2.24, 2.45) is 0 Å². The number of rotatable bonds is 7. The third kappa shape index (κ3) is 5.75. The fourth-order valence-corrected chi connectivity index (χ4v) is 2.26. The molecular weight excluding hydrogens is 302 g/mol. The Hall–Kier alpha value is -0.250. The summed E-state index contributed by atoms with van der Waals surface area (Å²) in [7, 11) is 0. The molecular formula is C13H19BrClNO. The molecule has 0 aliphatic heterocycles. The Balaban J connectivity index is 2.37. The molecule has 0 saturated carbocycles. The predicted molar refractivity (Wildman–Crippen MR) is 77.0 cm³/mol. The molecule has 1 aromatic carbocycles. The Bertz CT molecular complexity index is 346. The summed E-state index contributed by atoms with van der Waals surface area (Å²) >= 11 is 9.46. The van der Waals surface area contributed by atoms with Crippen LogP contribution in [0.1, 0.15) is 26.7 Å². The van der Waals surface area contributed by atoms with Crippen LogP contribution in [0.3, 0.4) is 0 Å². The van der Waals surface area contributed by atoms with Crippen molar-refractivity contribution < 1.29 is 4.74 Å². The molecule has 96 valence electrons. The molecule has 0 aromatic heterocycles. The van der Waals surface area contributed by atoms with Crippen molar-refractivity contribution in [2.45, 2.75) is 32.8 Å². The Labute approximate surface area is 117 Å². The van der Waals surface area contributed by atoms with E-state index in [0.29, 0.717) is 5.02 Å². The second-order valence-electron chi connectivity index (χ2n) is 4.00. The van der Waals surface area contributed by atoms with E-state index in [1.165, 1.54) is 0 Å². The van der Waals surface area contributed by atoms with Gasteiger partial charge in [0.2, 0.25) is 0 Å². The Morgan fingerprint density at radius 2 is 2.24 bits per heavy atom. The molecule has 0 saturated heterocycles. The second-order valence-corrected chi connectivity index (χ2v) is 5.32. The third-order valence-electron chi connectivity index (χ3n) is 2.44. The first-order valence-corrected chi connectivity index (χ1v) is 7.13. The molecule has 0 fully saturated rings. The summed E-state index contributed by atoms with van der Waals surface area (Å²) in [6, 6.07) is 5.68. The zero-order valence-corrected chi connectivity index (χ0v) is 12.6. The van der Waals surface area contributed by atoms with Crippen molar-refractivity contribution in [1.29, 1.82) is 0 Å². The van der Waals surface area contributed by atoms with Crippen molar-refractivity contribution in [1.82, 2.24) is 5.32 Å². The molecule has 0 amide bonds. The summed E-state index contributed by atoms with van der Waals surface area (Å²) in [5.74, 6) is 0.755. The quantitative estimate of drug-likeness (QED) is 0.758. The fraction of sp³-hybridized carbons (Fsp3) is 0.538. The van der Waals surface area contributed by atoms with Crippen LogP contribution in [0.15, 0.2) is 22.7 Å². The summed E-state index contributed by atoms with van der Waals surface area (Å²) in [6.45, 7) is 6.25. The molecule has 0 aliphatic rings. The van der Waals surface area contributed by atoms with E-state index in [-0.39, 0.29) is 6.10 Å². The Morgan fingerprint density at radius 1 is 1.47 bits per heavy atom. The zero-order valence-electron chi connectivity index (χ0n) is 10.3. The SMILES string of the molecule is CCNCCCC(C)Oc1ccc(Br)cc1Cl. The molecule has 1 N–H and O–H groups in total. The molecule has 0 radical (unpaired) electrons. The second kappa shape index (κ2) is 7.96. The molecule has 0 aliphatic carbocycles. The van der Waals surface area contributed by atoms with E-state index >= 15 is 0 Å². The summed E-state index contributed by atoms with van der Waals surface area (Å²) in [4.78, 5) is 0. The lowest BCUT2D eigenvalue weighted by atomic mass is 10.2. The van der Waals surface area contributed by atoms with Crippen molar-refractivity contribution in [3.63, 3.8) is 0 Å². The minimum atomic E-state index is 0.187. The van der Waals surface area contributed by atoms with Gasteiger partial charge in [0.05, 0.1) is 11.1 Å². The molecule has 1 aromatic rings. The summed E-state index contributed by atoms with van der Waals surface area (Å²) in [5.41, 5.74) is 0. The average Bonchev–Trinajstić information content (AvgIpc) is 2.28. The van der Waals surface area contributed by atoms with Gasteiger partial charge in [0.25, 0.3) is 0 Å². The van der Waals surface area contributed by atoms with Crippen LogP contribution >= 0.6 is 27.5 Å². The van der Waals surface area contributed by atoms with E-state index in [2.05, 4.69) is 35.1 Å². The topological polar surface area (TPSA) is 21.3 Å². The lowest BCUT2D eigenvalue weighted by molar-refractivity contribution is 0.207. The van der Waals surface area contributed by atoms with Gasteiger partial charge in [-0.2, -0.15) is 0 Å². The maximum absolute atomic E-state index is 6.09. The minimum absolute atomic E-state index is 0.187. The van der Waals surface area contributed by atoms with E-state index in [1.807, 2.05) is 18.2 Å². The third-order valence-corrected chi connectivity index (χ3v) is 3.22. The number of nitrogens with one attached hydrogen (secondary N) is 1. The smallest absolute Gasteiger partial charge is 0.138 e. The van der Waals surface area contributed by atoms with Crippen molar-refractivity contribution in [3.8, 4) is 5.75 Å². The van der Waals surface area contributed by atoms with Gasteiger partial charge < -0.3 is 10.1 Å². The summed E-state index contributed by atoms with van der Waals surface area (Å²) in [5, 5.41) is 3.95.